The Hall–Kier alpha value is -1.84. The molecule has 1 amide bonds. The number of unbranched alkanes of at least 4 members (excludes halogenated alkanes) is 1. The molecule has 0 saturated carbocycles. The molecule has 0 heterocycles. The van der Waals surface area contributed by atoms with Gasteiger partial charge in [0.15, 0.2) is 0 Å². The van der Waals surface area contributed by atoms with Crippen LogP contribution in [0.2, 0.25) is 0 Å². The van der Waals surface area contributed by atoms with E-state index < -0.39 is 5.97 Å². The zero-order valence-corrected chi connectivity index (χ0v) is 11.8. The second-order valence-corrected chi connectivity index (χ2v) is 5.83. The molecule has 0 aromatic heterocycles. The molecule has 1 aromatic carbocycles. The number of nitrogens with one attached hydrogen (secondary N) is 1. The number of carbonyl (C=O) groups excluding carboxylic acids is 1. The van der Waals surface area contributed by atoms with Gasteiger partial charge in [-0.2, -0.15) is 0 Å². The summed E-state index contributed by atoms with van der Waals surface area (Å²) < 4.78 is 0. The molecule has 0 atom stereocenters. The van der Waals surface area contributed by atoms with E-state index in [1.165, 1.54) is 11.1 Å². The van der Waals surface area contributed by atoms with Gasteiger partial charge in [-0.3, -0.25) is 9.59 Å². The SMILES string of the molecule is CC1(NC(=O)CCCCC(=O)O)Cc2ccccc2C1. The average Bonchev–Trinajstić information content (AvgIpc) is 2.69. The molecule has 0 unspecified atom stereocenters. The molecule has 0 saturated heterocycles. The number of amides is 1. The maximum absolute atomic E-state index is 11.9. The van der Waals surface area contributed by atoms with Gasteiger partial charge in [0.2, 0.25) is 5.91 Å². The lowest BCUT2D eigenvalue weighted by Gasteiger charge is -2.25. The maximum atomic E-state index is 11.9. The van der Waals surface area contributed by atoms with E-state index in [0.717, 1.165) is 12.8 Å². The Labute approximate surface area is 119 Å². The molecule has 1 aromatic rings. The van der Waals surface area contributed by atoms with Crippen LogP contribution in [0.1, 0.15) is 43.7 Å². The first-order valence-electron chi connectivity index (χ1n) is 7.08. The van der Waals surface area contributed by atoms with Crippen LogP contribution in [0.25, 0.3) is 0 Å². The predicted octanol–water partition coefficient (Wildman–Crippen LogP) is 2.31. The van der Waals surface area contributed by atoms with Crippen molar-refractivity contribution in [1.29, 1.82) is 0 Å². The first-order chi connectivity index (χ1) is 9.48. The topological polar surface area (TPSA) is 66.4 Å². The van der Waals surface area contributed by atoms with Crippen LogP contribution in [0, 0.1) is 0 Å². The lowest BCUT2D eigenvalue weighted by molar-refractivity contribution is -0.137. The number of aliphatic carboxylic acids is 1. The maximum Gasteiger partial charge on any atom is 0.303 e. The lowest BCUT2D eigenvalue weighted by Crippen LogP contribution is -2.46. The Morgan fingerprint density at radius 1 is 1.15 bits per heavy atom. The second kappa shape index (κ2) is 6.07. The number of rotatable bonds is 6. The summed E-state index contributed by atoms with van der Waals surface area (Å²) in [4.78, 5) is 22.3. The van der Waals surface area contributed by atoms with Crippen molar-refractivity contribution in [3.05, 3.63) is 35.4 Å². The van der Waals surface area contributed by atoms with Gasteiger partial charge in [-0.1, -0.05) is 24.3 Å². The van der Waals surface area contributed by atoms with Crippen molar-refractivity contribution in [2.24, 2.45) is 0 Å². The summed E-state index contributed by atoms with van der Waals surface area (Å²) in [6.45, 7) is 2.07. The predicted molar refractivity (Wildman–Crippen MR) is 76.5 cm³/mol. The molecule has 0 fully saturated rings. The Morgan fingerprint density at radius 3 is 2.25 bits per heavy atom. The zero-order chi connectivity index (χ0) is 14.6. The van der Waals surface area contributed by atoms with Crippen LogP contribution < -0.4 is 5.32 Å². The molecule has 20 heavy (non-hydrogen) atoms. The van der Waals surface area contributed by atoms with Crippen LogP contribution in [0.15, 0.2) is 24.3 Å². The van der Waals surface area contributed by atoms with Gasteiger partial charge < -0.3 is 10.4 Å². The highest BCUT2D eigenvalue weighted by Gasteiger charge is 2.33. The van der Waals surface area contributed by atoms with Crippen molar-refractivity contribution in [2.45, 2.75) is 51.0 Å². The average molecular weight is 275 g/mol. The summed E-state index contributed by atoms with van der Waals surface area (Å²) in [6.07, 6.45) is 3.45. The summed E-state index contributed by atoms with van der Waals surface area (Å²) in [5, 5.41) is 11.7. The molecule has 1 aliphatic rings. The number of carbonyl (C=O) groups is 2. The summed E-state index contributed by atoms with van der Waals surface area (Å²) in [6, 6.07) is 8.27. The fourth-order valence-electron chi connectivity index (χ4n) is 2.85. The van der Waals surface area contributed by atoms with Gasteiger partial charge in [0.1, 0.15) is 0 Å². The zero-order valence-electron chi connectivity index (χ0n) is 11.8. The Morgan fingerprint density at radius 2 is 1.70 bits per heavy atom. The number of hydrogen-bond acceptors (Lipinski definition) is 2. The van der Waals surface area contributed by atoms with Gasteiger partial charge in [0.25, 0.3) is 0 Å². The molecule has 2 N–H and O–H groups in total. The Bertz CT molecular complexity index is 485. The summed E-state index contributed by atoms with van der Waals surface area (Å²) in [5.41, 5.74) is 2.41. The van der Waals surface area contributed by atoms with Gasteiger partial charge in [-0.05, 0) is 43.7 Å². The first-order valence-corrected chi connectivity index (χ1v) is 7.08. The van der Waals surface area contributed by atoms with E-state index in [1.54, 1.807) is 0 Å². The molecular weight excluding hydrogens is 254 g/mol. The summed E-state index contributed by atoms with van der Waals surface area (Å²) in [5.74, 6) is -0.783. The molecule has 2 rings (SSSR count). The standard InChI is InChI=1S/C16H21NO3/c1-16(10-12-6-2-3-7-13(12)11-16)17-14(18)8-4-5-9-15(19)20/h2-3,6-7H,4-5,8-11H2,1H3,(H,17,18)(H,19,20). The van der Waals surface area contributed by atoms with E-state index in [1.807, 2.05) is 12.1 Å². The number of benzene rings is 1. The van der Waals surface area contributed by atoms with Crippen LogP contribution in [0.5, 0.6) is 0 Å². The van der Waals surface area contributed by atoms with Crippen molar-refractivity contribution in [1.82, 2.24) is 5.32 Å². The molecule has 0 spiro atoms. The minimum Gasteiger partial charge on any atom is -0.481 e. The van der Waals surface area contributed by atoms with Gasteiger partial charge in [-0.25, -0.2) is 0 Å². The van der Waals surface area contributed by atoms with Crippen LogP contribution in [0.3, 0.4) is 0 Å². The highest BCUT2D eigenvalue weighted by molar-refractivity contribution is 5.77. The van der Waals surface area contributed by atoms with E-state index in [0.29, 0.717) is 19.3 Å². The second-order valence-electron chi connectivity index (χ2n) is 5.83. The van der Waals surface area contributed by atoms with E-state index in [2.05, 4.69) is 24.4 Å². The molecule has 0 radical (unpaired) electrons. The first kappa shape index (κ1) is 14.6. The monoisotopic (exact) mass is 275 g/mol. The van der Waals surface area contributed by atoms with E-state index in [-0.39, 0.29) is 17.9 Å². The molecule has 108 valence electrons. The molecule has 4 nitrogen and oxygen atoms in total. The molecule has 1 aliphatic carbocycles. The molecule has 0 bridgehead atoms. The van der Waals surface area contributed by atoms with Gasteiger partial charge in [0.05, 0.1) is 0 Å². The smallest absolute Gasteiger partial charge is 0.303 e. The van der Waals surface area contributed by atoms with Crippen LogP contribution >= 0.6 is 0 Å². The highest BCUT2D eigenvalue weighted by Crippen LogP contribution is 2.29. The summed E-state index contributed by atoms with van der Waals surface area (Å²) in [7, 11) is 0. The third kappa shape index (κ3) is 3.83. The lowest BCUT2D eigenvalue weighted by atomic mass is 9.98. The van der Waals surface area contributed by atoms with Gasteiger partial charge >= 0.3 is 5.97 Å². The normalized spacial score (nSPS) is 15.7. The van der Waals surface area contributed by atoms with Crippen LogP contribution in [-0.4, -0.2) is 22.5 Å². The third-order valence-corrected chi connectivity index (χ3v) is 3.77. The number of hydrogen-bond donors (Lipinski definition) is 2. The summed E-state index contributed by atoms with van der Waals surface area (Å²) >= 11 is 0. The van der Waals surface area contributed by atoms with Crippen molar-refractivity contribution < 1.29 is 14.7 Å². The minimum absolute atomic E-state index is 0.0192. The van der Waals surface area contributed by atoms with Crippen LogP contribution in [-0.2, 0) is 22.4 Å². The Kier molecular flexibility index (Phi) is 4.42. The largest absolute Gasteiger partial charge is 0.481 e. The minimum atomic E-state index is -0.802. The van der Waals surface area contributed by atoms with Crippen LogP contribution in [0.4, 0.5) is 0 Å². The van der Waals surface area contributed by atoms with Crippen molar-refractivity contribution in [3.63, 3.8) is 0 Å². The molecular formula is C16H21NO3. The van der Waals surface area contributed by atoms with Gasteiger partial charge in [0, 0.05) is 18.4 Å². The van der Waals surface area contributed by atoms with Crippen molar-refractivity contribution >= 4 is 11.9 Å². The fraction of sp³-hybridized carbons (Fsp3) is 0.500. The highest BCUT2D eigenvalue weighted by atomic mass is 16.4. The number of fused-ring (bicyclic) bond motifs is 1. The molecule has 0 aliphatic heterocycles. The fourth-order valence-corrected chi connectivity index (χ4v) is 2.85. The molecule has 4 heteroatoms. The quantitative estimate of drug-likeness (QED) is 0.783. The van der Waals surface area contributed by atoms with E-state index in [4.69, 9.17) is 5.11 Å². The third-order valence-electron chi connectivity index (χ3n) is 3.77. The number of carboxylic acids is 1. The Balaban J connectivity index is 1.79. The number of carboxylic acid groups (broad SMARTS) is 1. The van der Waals surface area contributed by atoms with E-state index >= 15 is 0 Å². The van der Waals surface area contributed by atoms with Crippen molar-refractivity contribution in [2.75, 3.05) is 0 Å². The van der Waals surface area contributed by atoms with E-state index in [9.17, 15) is 9.59 Å². The van der Waals surface area contributed by atoms with Gasteiger partial charge in [-0.15, -0.1) is 0 Å². The van der Waals surface area contributed by atoms with Crippen molar-refractivity contribution in [3.8, 4) is 0 Å².